The van der Waals surface area contributed by atoms with Crippen LogP contribution in [0.1, 0.15) is 65.2 Å². The Morgan fingerprint density at radius 2 is 1.71 bits per heavy atom. The molecule has 2 saturated carbocycles. The van der Waals surface area contributed by atoms with Crippen molar-refractivity contribution in [3.05, 3.63) is 0 Å². The van der Waals surface area contributed by atoms with Gasteiger partial charge in [0.2, 0.25) is 11.8 Å². The smallest absolute Gasteiger partial charge is 0.277 e. The average Bonchev–Trinajstić information content (AvgIpc) is 2.86. The zero-order valence-electron chi connectivity index (χ0n) is 12.9. The van der Waals surface area contributed by atoms with E-state index in [0.717, 1.165) is 38.5 Å². The van der Waals surface area contributed by atoms with Gasteiger partial charge in [0.25, 0.3) is 0 Å². The Hall–Kier alpha value is -1.39. The molecule has 0 aromatic rings. The Kier molecular flexibility index (Phi) is 3.34. The van der Waals surface area contributed by atoms with Gasteiger partial charge in [-0.3, -0.25) is 19.8 Å². The van der Waals surface area contributed by atoms with Gasteiger partial charge >= 0.3 is 6.03 Å². The molecule has 0 bridgehead atoms. The van der Waals surface area contributed by atoms with Gasteiger partial charge in [-0.05, 0) is 37.5 Å². The van der Waals surface area contributed by atoms with Gasteiger partial charge in [-0.1, -0.05) is 33.1 Å². The van der Waals surface area contributed by atoms with E-state index in [2.05, 4.69) is 19.2 Å². The SMILES string of the molecule is CC1(C)CCCC(N2C(=O)NC(=O)C3(CCCC3)C2=O)C1. The van der Waals surface area contributed by atoms with Crippen molar-refractivity contribution >= 4 is 17.8 Å². The maximum absolute atomic E-state index is 12.9. The third-order valence-electron chi connectivity index (χ3n) is 5.50. The van der Waals surface area contributed by atoms with Crippen LogP contribution >= 0.6 is 0 Å². The minimum absolute atomic E-state index is 0.0631. The van der Waals surface area contributed by atoms with Crippen LogP contribution in [-0.2, 0) is 9.59 Å². The van der Waals surface area contributed by atoms with Gasteiger partial charge in [0.15, 0.2) is 0 Å². The predicted octanol–water partition coefficient (Wildman–Crippen LogP) is 2.59. The molecule has 21 heavy (non-hydrogen) atoms. The van der Waals surface area contributed by atoms with Gasteiger partial charge in [-0.2, -0.15) is 0 Å². The Bertz CT molecular complexity index is 492. The lowest BCUT2D eigenvalue weighted by atomic mass is 9.73. The topological polar surface area (TPSA) is 66.5 Å². The van der Waals surface area contributed by atoms with Crippen LogP contribution in [0, 0.1) is 10.8 Å². The van der Waals surface area contributed by atoms with Crippen LogP contribution < -0.4 is 5.32 Å². The van der Waals surface area contributed by atoms with E-state index in [1.165, 1.54) is 4.90 Å². The van der Waals surface area contributed by atoms with Gasteiger partial charge in [-0.15, -0.1) is 0 Å². The largest absolute Gasteiger partial charge is 0.331 e. The summed E-state index contributed by atoms with van der Waals surface area (Å²) in [6, 6.07) is -0.572. The lowest BCUT2D eigenvalue weighted by molar-refractivity contribution is -0.153. The molecule has 0 aromatic heterocycles. The third kappa shape index (κ3) is 2.27. The van der Waals surface area contributed by atoms with Crippen LogP contribution in [0.15, 0.2) is 0 Å². The van der Waals surface area contributed by atoms with Crippen molar-refractivity contribution in [2.75, 3.05) is 0 Å². The molecule has 1 saturated heterocycles. The van der Waals surface area contributed by atoms with Crippen molar-refractivity contribution in [2.24, 2.45) is 10.8 Å². The molecule has 1 spiro atoms. The quantitative estimate of drug-likeness (QED) is 0.755. The number of rotatable bonds is 1. The molecular weight excluding hydrogens is 268 g/mol. The maximum Gasteiger partial charge on any atom is 0.331 e. The number of urea groups is 1. The molecule has 2 aliphatic carbocycles. The fraction of sp³-hybridized carbons (Fsp3) is 0.812. The molecule has 5 heteroatoms. The molecule has 3 rings (SSSR count). The Morgan fingerprint density at radius 3 is 2.33 bits per heavy atom. The molecule has 1 atom stereocenters. The lowest BCUT2D eigenvalue weighted by Gasteiger charge is -2.45. The summed E-state index contributed by atoms with van der Waals surface area (Å²) in [5, 5.41) is 2.44. The first kappa shape index (κ1) is 14.5. The maximum atomic E-state index is 12.9. The second kappa shape index (κ2) is 4.82. The van der Waals surface area contributed by atoms with E-state index < -0.39 is 11.4 Å². The minimum Gasteiger partial charge on any atom is -0.277 e. The van der Waals surface area contributed by atoms with Crippen LogP contribution in [0.5, 0.6) is 0 Å². The number of nitrogens with one attached hydrogen (secondary N) is 1. The molecule has 1 aliphatic heterocycles. The molecule has 3 aliphatic rings. The molecule has 5 nitrogen and oxygen atoms in total. The number of nitrogens with zero attached hydrogens (tertiary/aromatic N) is 1. The lowest BCUT2D eigenvalue weighted by Crippen LogP contribution is -2.66. The number of carbonyl (C=O) groups is 3. The first-order valence-corrected chi connectivity index (χ1v) is 8.05. The summed E-state index contributed by atoms with van der Waals surface area (Å²) in [6.45, 7) is 4.37. The Morgan fingerprint density at radius 1 is 1.05 bits per heavy atom. The molecular formula is C16H24N2O3. The number of amides is 4. The average molecular weight is 292 g/mol. The molecule has 3 fully saturated rings. The Labute approximate surface area is 125 Å². The summed E-state index contributed by atoms with van der Waals surface area (Å²) in [6.07, 6.45) is 6.76. The van der Waals surface area contributed by atoms with Crippen molar-refractivity contribution in [2.45, 2.75) is 71.3 Å². The zero-order valence-corrected chi connectivity index (χ0v) is 12.9. The van der Waals surface area contributed by atoms with Gasteiger partial charge in [0.1, 0.15) is 5.41 Å². The standard InChI is InChI=1S/C16H24N2O3/c1-15(2)7-5-6-11(10-15)18-13(20)16(8-3-4-9-16)12(19)17-14(18)21/h11H,3-10H2,1-2H3,(H,17,19,21). The summed E-state index contributed by atoms with van der Waals surface area (Å²) in [5.41, 5.74) is -0.816. The van der Waals surface area contributed by atoms with Crippen LogP contribution in [0.2, 0.25) is 0 Å². The molecule has 1 unspecified atom stereocenters. The number of barbiturate groups is 1. The highest BCUT2D eigenvalue weighted by Crippen LogP contribution is 2.44. The fourth-order valence-corrected chi connectivity index (χ4v) is 4.33. The molecule has 116 valence electrons. The summed E-state index contributed by atoms with van der Waals surface area (Å²) in [5.74, 6) is -0.613. The van der Waals surface area contributed by atoms with E-state index in [9.17, 15) is 14.4 Å². The molecule has 4 amide bonds. The van der Waals surface area contributed by atoms with E-state index in [-0.39, 0.29) is 23.3 Å². The van der Waals surface area contributed by atoms with E-state index in [1.807, 2.05) is 0 Å². The summed E-state index contributed by atoms with van der Waals surface area (Å²) in [4.78, 5) is 38.8. The van der Waals surface area contributed by atoms with Crippen LogP contribution in [0.4, 0.5) is 4.79 Å². The number of carbonyl (C=O) groups excluding carboxylic acids is 3. The van der Waals surface area contributed by atoms with E-state index in [4.69, 9.17) is 0 Å². The van der Waals surface area contributed by atoms with Gasteiger partial charge in [-0.25, -0.2) is 4.79 Å². The molecule has 1 heterocycles. The zero-order chi connectivity index (χ0) is 15.3. The normalized spacial score (nSPS) is 31.6. The van der Waals surface area contributed by atoms with E-state index in [1.54, 1.807) is 0 Å². The van der Waals surface area contributed by atoms with Crippen LogP contribution in [0.3, 0.4) is 0 Å². The summed E-state index contributed by atoms with van der Waals surface area (Å²) in [7, 11) is 0. The molecule has 1 N–H and O–H groups in total. The van der Waals surface area contributed by atoms with E-state index >= 15 is 0 Å². The van der Waals surface area contributed by atoms with Crippen LogP contribution in [-0.4, -0.2) is 28.8 Å². The highest BCUT2D eigenvalue weighted by Gasteiger charge is 2.56. The highest BCUT2D eigenvalue weighted by molar-refractivity contribution is 6.19. The number of hydrogen-bond acceptors (Lipinski definition) is 3. The summed E-state index contributed by atoms with van der Waals surface area (Å²) < 4.78 is 0. The van der Waals surface area contributed by atoms with Gasteiger partial charge in [0.05, 0.1) is 0 Å². The number of imide groups is 2. The highest BCUT2D eigenvalue weighted by atomic mass is 16.2. The van der Waals surface area contributed by atoms with Crippen LogP contribution in [0.25, 0.3) is 0 Å². The number of hydrogen-bond donors (Lipinski definition) is 1. The predicted molar refractivity (Wildman–Crippen MR) is 77.3 cm³/mol. The van der Waals surface area contributed by atoms with Gasteiger partial charge in [0, 0.05) is 6.04 Å². The monoisotopic (exact) mass is 292 g/mol. The van der Waals surface area contributed by atoms with E-state index in [0.29, 0.717) is 12.8 Å². The first-order chi connectivity index (χ1) is 9.86. The van der Waals surface area contributed by atoms with Crippen molar-refractivity contribution in [1.82, 2.24) is 10.2 Å². The third-order valence-corrected chi connectivity index (χ3v) is 5.50. The second-order valence-corrected chi connectivity index (χ2v) is 7.64. The second-order valence-electron chi connectivity index (χ2n) is 7.64. The summed E-state index contributed by atoms with van der Waals surface area (Å²) >= 11 is 0. The fourth-order valence-electron chi connectivity index (χ4n) is 4.33. The minimum atomic E-state index is -0.963. The van der Waals surface area contributed by atoms with Crippen molar-refractivity contribution in [1.29, 1.82) is 0 Å². The van der Waals surface area contributed by atoms with Crippen molar-refractivity contribution in [3.8, 4) is 0 Å². The van der Waals surface area contributed by atoms with Crippen molar-refractivity contribution < 1.29 is 14.4 Å². The van der Waals surface area contributed by atoms with Gasteiger partial charge < -0.3 is 0 Å². The molecule has 0 aromatic carbocycles. The molecule has 0 radical (unpaired) electrons. The van der Waals surface area contributed by atoms with Crippen molar-refractivity contribution in [3.63, 3.8) is 0 Å². The first-order valence-electron chi connectivity index (χ1n) is 8.05. The Balaban J connectivity index is 1.88.